The van der Waals surface area contributed by atoms with Crippen molar-refractivity contribution in [2.75, 3.05) is 0 Å². The lowest BCUT2D eigenvalue weighted by Crippen LogP contribution is -2.44. The monoisotopic (exact) mass is 726 g/mol. The molecule has 5 unspecified atom stereocenters. The van der Waals surface area contributed by atoms with Gasteiger partial charge in [-0.1, -0.05) is 172 Å². The summed E-state index contributed by atoms with van der Waals surface area (Å²) in [5.41, 5.74) is 10.1. The molecule has 2 heterocycles. The lowest BCUT2D eigenvalue weighted by molar-refractivity contribution is 0.270. The number of allylic oxidation sites excluding steroid dienone is 2. The molecule has 0 amide bonds. The van der Waals surface area contributed by atoms with E-state index in [1.807, 2.05) is 0 Å². The largest absolute Gasteiger partial charge is 0.310 e. The van der Waals surface area contributed by atoms with Crippen LogP contribution in [0.15, 0.2) is 174 Å². The molecule has 1 fully saturated rings. The second-order valence-electron chi connectivity index (χ2n) is 17.7. The first-order valence-corrected chi connectivity index (χ1v) is 20.2. The van der Waals surface area contributed by atoms with Gasteiger partial charge in [0.2, 0.25) is 5.96 Å². The Kier molecular flexibility index (Phi) is 7.00. The molecule has 7 aromatic rings. The number of aromatic nitrogens is 1. The molecule has 1 aromatic heterocycles. The van der Waals surface area contributed by atoms with Crippen LogP contribution in [0.4, 0.5) is 0 Å². The minimum absolute atomic E-state index is 0.0429. The van der Waals surface area contributed by atoms with E-state index in [9.17, 15) is 0 Å². The van der Waals surface area contributed by atoms with Crippen LogP contribution < -0.4 is 5.32 Å². The Labute approximate surface area is 329 Å². The number of rotatable bonds is 4. The maximum absolute atomic E-state index is 5.56. The predicted molar refractivity (Wildman–Crippen MR) is 231 cm³/mol. The van der Waals surface area contributed by atoms with Crippen LogP contribution in [0.25, 0.3) is 21.8 Å². The van der Waals surface area contributed by atoms with Crippen molar-refractivity contribution in [3.8, 4) is 0 Å². The number of benzene rings is 6. The number of aliphatic imine (C=N–C) groups is 2. The molecule has 11 rings (SSSR count). The third kappa shape index (κ3) is 4.53. The molecule has 1 spiro atoms. The van der Waals surface area contributed by atoms with E-state index in [0.29, 0.717) is 11.8 Å². The van der Waals surface area contributed by atoms with E-state index in [4.69, 9.17) is 9.98 Å². The van der Waals surface area contributed by atoms with Gasteiger partial charge in [0.15, 0.2) is 5.66 Å². The second kappa shape index (κ2) is 11.8. The van der Waals surface area contributed by atoms with Gasteiger partial charge in [0.25, 0.3) is 0 Å². The van der Waals surface area contributed by atoms with Crippen LogP contribution in [-0.2, 0) is 16.5 Å². The zero-order valence-electron chi connectivity index (χ0n) is 32.5. The van der Waals surface area contributed by atoms with Crippen LogP contribution in [0.2, 0.25) is 0 Å². The van der Waals surface area contributed by atoms with Gasteiger partial charge in [0.05, 0.1) is 16.4 Å². The lowest BCUT2D eigenvalue weighted by Gasteiger charge is -2.46. The molecular formula is C52H46N4. The first-order chi connectivity index (χ1) is 27.2. The number of nitrogens with one attached hydrogen (secondary N) is 1. The smallest absolute Gasteiger partial charge is 0.211 e. The molecule has 1 aliphatic heterocycles. The fraction of sp³-hybridized carbons (Fsp3) is 0.231. The first-order valence-electron chi connectivity index (χ1n) is 20.2. The van der Waals surface area contributed by atoms with Crippen molar-refractivity contribution in [1.29, 1.82) is 0 Å². The summed E-state index contributed by atoms with van der Waals surface area (Å²) >= 11 is 0. The molecule has 56 heavy (non-hydrogen) atoms. The summed E-state index contributed by atoms with van der Waals surface area (Å²) in [4.78, 5) is 10.9. The number of hydrogen-bond donors (Lipinski definition) is 1. The highest BCUT2D eigenvalue weighted by atomic mass is 15.3. The molecule has 0 saturated heterocycles. The summed E-state index contributed by atoms with van der Waals surface area (Å²) in [6.07, 6.45) is 7.52. The van der Waals surface area contributed by atoms with Crippen molar-refractivity contribution in [3.05, 3.63) is 203 Å². The van der Waals surface area contributed by atoms with Crippen LogP contribution >= 0.6 is 0 Å². The fourth-order valence-electron chi connectivity index (χ4n) is 11.1. The quantitative estimate of drug-likeness (QED) is 0.180. The van der Waals surface area contributed by atoms with E-state index in [1.165, 1.54) is 51.4 Å². The summed E-state index contributed by atoms with van der Waals surface area (Å²) in [5, 5.41) is 6.22. The average Bonchev–Trinajstić information content (AvgIpc) is 3.97. The SMILES string of the molecule is CC(C)(C)c1ccc(C2=NC(C)(c3ccccc3)N=C(n3c4ccccc4c4ccc(C5(c6ccccc6)c6ccccc6C6CC7C=CC65C7)cc43)N2)cc1. The van der Waals surface area contributed by atoms with Crippen molar-refractivity contribution in [1.82, 2.24) is 9.88 Å². The molecule has 1 saturated carbocycles. The summed E-state index contributed by atoms with van der Waals surface area (Å²) in [5.74, 6) is 2.67. The normalized spacial score (nSPS) is 26.2. The van der Waals surface area contributed by atoms with Crippen molar-refractivity contribution in [2.45, 2.75) is 62.9 Å². The van der Waals surface area contributed by atoms with Gasteiger partial charge < -0.3 is 5.32 Å². The number of para-hydroxylation sites is 1. The molecule has 6 aromatic carbocycles. The minimum atomic E-state index is -0.857. The average molecular weight is 727 g/mol. The second-order valence-corrected chi connectivity index (χ2v) is 17.7. The zero-order chi connectivity index (χ0) is 37.9. The highest BCUT2D eigenvalue weighted by Gasteiger charge is 2.67. The Hall–Kier alpha value is -6.00. The standard InChI is InChI=1S/C52H46N4/c1-49(2,3)36-25-23-35(24-26-36)47-53-48(55-50(4,54-47)37-15-7-5-8-16-37)56-45-22-14-12-19-40(45)41-28-27-39(32-46(41)56)52(38-17-9-6-10-18-38)43-21-13-11-20-42(43)44-31-34-29-30-51(44,52)33-34/h5-30,32,34,44H,31,33H2,1-4H3,(H,53,54,55). The first kappa shape index (κ1) is 33.3. The number of nitrogens with zero attached hydrogens (tertiary/aromatic N) is 3. The van der Waals surface area contributed by atoms with Gasteiger partial charge in [-0.25, -0.2) is 9.98 Å². The van der Waals surface area contributed by atoms with E-state index in [0.717, 1.165) is 34.0 Å². The number of fused-ring (bicyclic) bond motifs is 6. The van der Waals surface area contributed by atoms with Crippen LogP contribution in [0.3, 0.4) is 0 Å². The molecule has 4 aliphatic rings. The molecular weight excluding hydrogens is 681 g/mol. The molecule has 274 valence electrons. The highest BCUT2D eigenvalue weighted by molar-refractivity contribution is 6.18. The molecule has 3 aliphatic carbocycles. The van der Waals surface area contributed by atoms with Gasteiger partial charge in [0, 0.05) is 27.3 Å². The van der Waals surface area contributed by atoms with Gasteiger partial charge >= 0.3 is 0 Å². The van der Waals surface area contributed by atoms with Gasteiger partial charge in [-0.15, -0.1) is 0 Å². The van der Waals surface area contributed by atoms with Gasteiger partial charge in [-0.2, -0.15) is 0 Å². The lowest BCUT2D eigenvalue weighted by atomic mass is 9.55. The van der Waals surface area contributed by atoms with Crippen molar-refractivity contribution in [2.24, 2.45) is 21.3 Å². The zero-order valence-corrected chi connectivity index (χ0v) is 32.5. The summed E-state index contributed by atoms with van der Waals surface area (Å²) in [6.45, 7) is 8.90. The van der Waals surface area contributed by atoms with E-state index in [-0.39, 0.29) is 16.2 Å². The van der Waals surface area contributed by atoms with Gasteiger partial charge in [0.1, 0.15) is 5.84 Å². The minimum Gasteiger partial charge on any atom is -0.310 e. The Morgan fingerprint density at radius 3 is 2.09 bits per heavy atom. The van der Waals surface area contributed by atoms with E-state index in [2.05, 4.69) is 201 Å². The van der Waals surface area contributed by atoms with Gasteiger partial charge in [-0.3, -0.25) is 4.57 Å². The van der Waals surface area contributed by atoms with Gasteiger partial charge in [-0.05, 0) is 77.0 Å². The highest BCUT2D eigenvalue weighted by Crippen LogP contribution is 2.74. The van der Waals surface area contributed by atoms with Crippen molar-refractivity contribution < 1.29 is 0 Å². The van der Waals surface area contributed by atoms with Crippen LogP contribution in [0.5, 0.6) is 0 Å². The Bertz CT molecular complexity index is 2780. The topological polar surface area (TPSA) is 41.7 Å². The fourth-order valence-corrected chi connectivity index (χ4v) is 11.1. The third-order valence-corrected chi connectivity index (χ3v) is 13.6. The Morgan fingerprint density at radius 1 is 0.661 bits per heavy atom. The van der Waals surface area contributed by atoms with Crippen LogP contribution in [0.1, 0.15) is 85.4 Å². The summed E-state index contributed by atoms with van der Waals surface area (Å²) in [6, 6.07) is 56.2. The molecule has 1 N–H and O–H groups in total. The van der Waals surface area contributed by atoms with Crippen molar-refractivity contribution in [3.63, 3.8) is 0 Å². The Morgan fingerprint density at radius 2 is 1.34 bits per heavy atom. The van der Waals surface area contributed by atoms with Crippen LogP contribution in [-0.4, -0.2) is 16.4 Å². The van der Waals surface area contributed by atoms with E-state index < -0.39 is 5.66 Å². The molecule has 4 nitrogen and oxygen atoms in total. The maximum atomic E-state index is 5.56. The van der Waals surface area contributed by atoms with Crippen molar-refractivity contribution >= 4 is 33.6 Å². The number of amidine groups is 1. The predicted octanol–water partition coefficient (Wildman–Crippen LogP) is 11.6. The maximum Gasteiger partial charge on any atom is 0.211 e. The van der Waals surface area contributed by atoms with Crippen LogP contribution in [0, 0.1) is 11.3 Å². The molecule has 5 atom stereocenters. The molecule has 2 bridgehead atoms. The number of hydrogen-bond acceptors (Lipinski definition) is 3. The molecule has 0 radical (unpaired) electrons. The van der Waals surface area contributed by atoms with E-state index in [1.54, 1.807) is 0 Å². The molecule has 4 heteroatoms. The summed E-state index contributed by atoms with van der Waals surface area (Å²) in [7, 11) is 0. The van der Waals surface area contributed by atoms with E-state index >= 15 is 0 Å². The third-order valence-electron chi connectivity index (χ3n) is 13.6. The summed E-state index contributed by atoms with van der Waals surface area (Å²) < 4.78 is 2.37. The Balaban J connectivity index is 1.17.